The molecule has 0 aromatic carbocycles. The Balaban J connectivity index is 4.45. The highest BCUT2D eigenvalue weighted by Crippen LogP contribution is 2.40. The van der Waals surface area contributed by atoms with Gasteiger partial charge in [0, 0.05) is 6.54 Å². The molecule has 0 aromatic rings. The van der Waals surface area contributed by atoms with Gasteiger partial charge < -0.3 is 0 Å². The van der Waals surface area contributed by atoms with E-state index >= 15 is 0 Å². The van der Waals surface area contributed by atoms with Gasteiger partial charge in [-0.05, 0) is 42.7 Å². The molecule has 0 amide bonds. The highest BCUT2D eigenvalue weighted by Gasteiger charge is 2.32. The number of rotatable bonds is 6. The summed E-state index contributed by atoms with van der Waals surface area (Å²) in [6.45, 7) is 15.5. The SMILES string of the molecule is CC(C)C(C)(C)CC(C)(C)CN(C)[SH](C)C. The van der Waals surface area contributed by atoms with Gasteiger partial charge in [0.15, 0.2) is 0 Å². The standard InChI is InChI=1S/C14H33NS/c1-12(2)14(5,6)10-13(3,4)11-15(7)16(8)9/h12,16H,10-11H2,1-9H3. The Morgan fingerprint density at radius 2 is 1.50 bits per heavy atom. The monoisotopic (exact) mass is 247 g/mol. The molecule has 1 nitrogen and oxygen atoms in total. The van der Waals surface area contributed by atoms with Gasteiger partial charge in [-0.3, -0.25) is 4.31 Å². The fraction of sp³-hybridized carbons (Fsp3) is 1.00. The summed E-state index contributed by atoms with van der Waals surface area (Å²) in [5.74, 6) is 0.752. The van der Waals surface area contributed by atoms with Gasteiger partial charge in [0.05, 0.1) is 0 Å². The first-order valence-electron chi connectivity index (χ1n) is 6.36. The Bertz CT molecular complexity index is 207. The maximum atomic E-state index is 2.52. The van der Waals surface area contributed by atoms with Crippen molar-refractivity contribution in [3.8, 4) is 0 Å². The second-order valence-electron chi connectivity index (χ2n) is 7.15. The third-order valence-electron chi connectivity index (χ3n) is 3.84. The fourth-order valence-electron chi connectivity index (χ4n) is 2.25. The van der Waals surface area contributed by atoms with E-state index in [1.807, 2.05) is 0 Å². The van der Waals surface area contributed by atoms with Crippen LogP contribution in [0.25, 0.3) is 0 Å². The van der Waals surface area contributed by atoms with E-state index in [-0.39, 0.29) is 11.1 Å². The van der Waals surface area contributed by atoms with Gasteiger partial charge in [-0.2, -0.15) is 0 Å². The zero-order valence-electron chi connectivity index (χ0n) is 12.9. The molecule has 0 saturated heterocycles. The van der Waals surface area contributed by atoms with Crippen LogP contribution in [0.4, 0.5) is 0 Å². The lowest BCUT2D eigenvalue weighted by molar-refractivity contribution is 0.127. The van der Waals surface area contributed by atoms with E-state index in [9.17, 15) is 0 Å². The van der Waals surface area contributed by atoms with Gasteiger partial charge in [0.25, 0.3) is 0 Å². The summed E-state index contributed by atoms with van der Waals surface area (Å²) >= 11 is 0.0504. The quantitative estimate of drug-likeness (QED) is 0.689. The van der Waals surface area contributed by atoms with Crippen molar-refractivity contribution in [1.29, 1.82) is 0 Å². The summed E-state index contributed by atoms with van der Waals surface area (Å²) in [6, 6.07) is 0. The first kappa shape index (κ1) is 16.3. The molecule has 0 fully saturated rings. The summed E-state index contributed by atoms with van der Waals surface area (Å²) in [4.78, 5) is 0. The van der Waals surface area contributed by atoms with E-state index in [4.69, 9.17) is 0 Å². The second kappa shape index (κ2) is 5.77. The molecule has 0 N–H and O–H groups in total. The van der Waals surface area contributed by atoms with Gasteiger partial charge in [-0.15, -0.1) is 0 Å². The molecule has 0 aromatic heterocycles. The molecule has 0 rings (SSSR count). The lowest BCUT2D eigenvalue weighted by atomic mass is 9.69. The molecule has 0 bridgehead atoms. The summed E-state index contributed by atoms with van der Waals surface area (Å²) in [5.41, 5.74) is 0.851. The molecule has 100 valence electrons. The minimum atomic E-state index is 0.0504. The van der Waals surface area contributed by atoms with Crippen LogP contribution in [0.15, 0.2) is 0 Å². The number of nitrogens with zero attached hydrogens (tertiary/aromatic N) is 1. The summed E-state index contributed by atoms with van der Waals surface area (Å²) in [7, 11) is 2.26. The van der Waals surface area contributed by atoms with Gasteiger partial charge in [-0.1, -0.05) is 41.5 Å². The van der Waals surface area contributed by atoms with Crippen molar-refractivity contribution in [2.75, 3.05) is 26.1 Å². The molecule has 0 aliphatic rings. The molecule has 0 heterocycles. The molecule has 2 heteroatoms. The van der Waals surface area contributed by atoms with Crippen LogP contribution in [-0.4, -0.2) is 30.4 Å². The highest BCUT2D eigenvalue weighted by atomic mass is 32.2. The van der Waals surface area contributed by atoms with Crippen LogP contribution >= 0.6 is 11.1 Å². The van der Waals surface area contributed by atoms with Crippen LogP contribution in [0, 0.1) is 16.7 Å². The van der Waals surface area contributed by atoms with Crippen molar-refractivity contribution in [2.45, 2.75) is 48.0 Å². The highest BCUT2D eigenvalue weighted by molar-refractivity contribution is 8.13. The first-order valence-corrected chi connectivity index (χ1v) is 8.55. The predicted octanol–water partition coefficient (Wildman–Crippen LogP) is 4.19. The Labute approximate surface area is 106 Å². The van der Waals surface area contributed by atoms with E-state index in [0.717, 1.165) is 5.92 Å². The van der Waals surface area contributed by atoms with E-state index in [1.165, 1.54) is 13.0 Å². The Morgan fingerprint density at radius 3 is 1.81 bits per heavy atom. The summed E-state index contributed by atoms with van der Waals surface area (Å²) in [6.07, 6.45) is 5.96. The summed E-state index contributed by atoms with van der Waals surface area (Å²) in [5, 5.41) is 0. The van der Waals surface area contributed by atoms with Crippen molar-refractivity contribution in [3.05, 3.63) is 0 Å². The van der Waals surface area contributed by atoms with Gasteiger partial charge in [0.2, 0.25) is 0 Å². The van der Waals surface area contributed by atoms with E-state index in [2.05, 4.69) is 65.4 Å². The Hall–Kier alpha value is 0.310. The molecule has 0 saturated carbocycles. The smallest absolute Gasteiger partial charge is 0.0120 e. The minimum absolute atomic E-state index is 0.0504. The topological polar surface area (TPSA) is 3.24 Å². The first-order chi connectivity index (χ1) is 6.98. The maximum absolute atomic E-state index is 2.52. The minimum Gasteiger partial charge on any atom is -0.273 e. The van der Waals surface area contributed by atoms with E-state index in [0.29, 0.717) is 10.8 Å². The maximum Gasteiger partial charge on any atom is 0.0120 e. The van der Waals surface area contributed by atoms with Crippen LogP contribution < -0.4 is 0 Å². The molecular weight excluding hydrogens is 214 g/mol. The molecule has 0 radical (unpaired) electrons. The van der Waals surface area contributed by atoms with Crippen LogP contribution in [0.3, 0.4) is 0 Å². The third-order valence-corrected chi connectivity index (χ3v) is 5.34. The number of hydrogen-bond donors (Lipinski definition) is 1. The fourth-order valence-corrected chi connectivity index (χ4v) is 2.92. The van der Waals surface area contributed by atoms with Crippen molar-refractivity contribution in [3.63, 3.8) is 0 Å². The van der Waals surface area contributed by atoms with Crippen LogP contribution in [0.1, 0.15) is 48.0 Å². The molecule has 0 spiro atoms. The molecule has 0 aliphatic heterocycles. The zero-order valence-corrected chi connectivity index (χ0v) is 13.8. The molecular formula is C14H33NS. The lowest BCUT2D eigenvalue weighted by Crippen LogP contribution is -2.35. The predicted molar refractivity (Wildman–Crippen MR) is 80.5 cm³/mol. The average Bonchev–Trinajstić information content (AvgIpc) is 1.99. The van der Waals surface area contributed by atoms with Crippen LogP contribution in [-0.2, 0) is 0 Å². The Kier molecular flexibility index (Phi) is 5.88. The van der Waals surface area contributed by atoms with Gasteiger partial charge >= 0.3 is 0 Å². The van der Waals surface area contributed by atoms with Gasteiger partial charge in [0.1, 0.15) is 0 Å². The number of thiol groups is 1. The summed E-state index contributed by atoms with van der Waals surface area (Å²) < 4.78 is 2.52. The third kappa shape index (κ3) is 5.58. The van der Waals surface area contributed by atoms with E-state index in [1.54, 1.807) is 0 Å². The normalized spacial score (nSPS) is 14.8. The van der Waals surface area contributed by atoms with E-state index < -0.39 is 0 Å². The molecule has 0 atom stereocenters. The van der Waals surface area contributed by atoms with Crippen molar-refractivity contribution in [2.24, 2.45) is 16.7 Å². The molecule has 16 heavy (non-hydrogen) atoms. The number of hydrogen-bond acceptors (Lipinski definition) is 1. The van der Waals surface area contributed by atoms with Gasteiger partial charge in [-0.25, -0.2) is 11.1 Å². The van der Waals surface area contributed by atoms with Crippen molar-refractivity contribution in [1.82, 2.24) is 4.31 Å². The lowest BCUT2D eigenvalue weighted by Gasteiger charge is -2.41. The largest absolute Gasteiger partial charge is 0.273 e. The second-order valence-corrected chi connectivity index (χ2v) is 9.52. The molecule has 0 unspecified atom stereocenters. The van der Waals surface area contributed by atoms with Crippen molar-refractivity contribution >= 4 is 11.1 Å². The van der Waals surface area contributed by atoms with Crippen LogP contribution in [0.2, 0.25) is 0 Å². The zero-order chi connectivity index (χ0) is 13.1. The Morgan fingerprint density at radius 1 is 1.06 bits per heavy atom. The average molecular weight is 247 g/mol. The van der Waals surface area contributed by atoms with Crippen molar-refractivity contribution < 1.29 is 0 Å². The molecule has 0 aliphatic carbocycles. The van der Waals surface area contributed by atoms with Crippen LogP contribution in [0.5, 0.6) is 0 Å².